The summed E-state index contributed by atoms with van der Waals surface area (Å²) < 4.78 is 0. The Labute approximate surface area is 113 Å². The molecule has 19 heavy (non-hydrogen) atoms. The van der Waals surface area contributed by atoms with Gasteiger partial charge in [0.2, 0.25) is 0 Å². The Morgan fingerprint density at radius 1 is 1.21 bits per heavy atom. The van der Waals surface area contributed by atoms with Crippen LogP contribution in [0.4, 0.5) is 5.82 Å². The molecule has 0 fully saturated rings. The quantitative estimate of drug-likeness (QED) is 0.886. The number of hydrogen-bond donors (Lipinski definition) is 2. The van der Waals surface area contributed by atoms with Crippen LogP contribution in [0.5, 0.6) is 0 Å². The molecular weight excluding hydrogens is 238 g/mol. The molecule has 0 aliphatic rings. The lowest BCUT2D eigenvalue weighted by atomic mass is 9.85. The first-order valence-corrected chi connectivity index (χ1v) is 6.59. The Balaban J connectivity index is 2.34. The van der Waals surface area contributed by atoms with E-state index < -0.39 is 0 Å². The number of benzene rings is 1. The Bertz CT molecular complexity index is 543. The SMILES string of the molecule is CC(C)(C)C(CCO)Nc1ncnc2ccccc12. The van der Waals surface area contributed by atoms with Crippen molar-refractivity contribution in [2.75, 3.05) is 11.9 Å². The molecule has 1 aromatic carbocycles. The predicted octanol–water partition coefficient (Wildman–Crippen LogP) is 2.84. The maximum atomic E-state index is 9.22. The van der Waals surface area contributed by atoms with Gasteiger partial charge in [0, 0.05) is 18.0 Å². The number of aliphatic hydroxyl groups is 1. The smallest absolute Gasteiger partial charge is 0.137 e. The van der Waals surface area contributed by atoms with Gasteiger partial charge in [-0.3, -0.25) is 0 Å². The summed E-state index contributed by atoms with van der Waals surface area (Å²) in [6.07, 6.45) is 2.27. The third kappa shape index (κ3) is 3.20. The van der Waals surface area contributed by atoms with Crippen molar-refractivity contribution in [1.29, 1.82) is 0 Å². The van der Waals surface area contributed by atoms with E-state index in [1.807, 2.05) is 24.3 Å². The van der Waals surface area contributed by atoms with E-state index in [9.17, 15) is 5.11 Å². The van der Waals surface area contributed by atoms with E-state index in [2.05, 4.69) is 36.1 Å². The second-order valence-corrected chi connectivity index (χ2v) is 5.81. The van der Waals surface area contributed by atoms with Crippen LogP contribution in [0.15, 0.2) is 30.6 Å². The van der Waals surface area contributed by atoms with Crippen molar-refractivity contribution in [2.45, 2.75) is 33.2 Å². The summed E-state index contributed by atoms with van der Waals surface area (Å²) in [6.45, 7) is 6.63. The van der Waals surface area contributed by atoms with Crippen LogP contribution >= 0.6 is 0 Å². The van der Waals surface area contributed by atoms with Gasteiger partial charge in [-0.15, -0.1) is 0 Å². The van der Waals surface area contributed by atoms with Gasteiger partial charge in [-0.1, -0.05) is 32.9 Å². The van der Waals surface area contributed by atoms with Crippen molar-refractivity contribution in [3.63, 3.8) is 0 Å². The van der Waals surface area contributed by atoms with E-state index in [1.54, 1.807) is 6.33 Å². The van der Waals surface area contributed by atoms with Crippen LogP contribution in [-0.4, -0.2) is 27.7 Å². The van der Waals surface area contributed by atoms with Crippen molar-refractivity contribution in [3.05, 3.63) is 30.6 Å². The predicted molar refractivity (Wildman–Crippen MR) is 78.1 cm³/mol. The van der Waals surface area contributed by atoms with Crippen molar-refractivity contribution in [2.24, 2.45) is 5.41 Å². The monoisotopic (exact) mass is 259 g/mol. The molecular formula is C15H21N3O. The van der Waals surface area contributed by atoms with Crippen LogP contribution in [0.25, 0.3) is 10.9 Å². The molecule has 0 saturated carbocycles. The van der Waals surface area contributed by atoms with Gasteiger partial charge in [-0.25, -0.2) is 9.97 Å². The van der Waals surface area contributed by atoms with Crippen LogP contribution in [0, 0.1) is 5.41 Å². The fourth-order valence-electron chi connectivity index (χ4n) is 2.14. The van der Waals surface area contributed by atoms with Gasteiger partial charge in [0.25, 0.3) is 0 Å². The molecule has 102 valence electrons. The normalized spacial score (nSPS) is 13.5. The molecule has 2 N–H and O–H groups in total. The summed E-state index contributed by atoms with van der Waals surface area (Å²) in [5.41, 5.74) is 0.978. The average molecular weight is 259 g/mol. The number of fused-ring (bicyclic) bond motifs is 1. The van der Waals surface area contributed by atoms with E-state index in [4.69, 9.17) is 0 Å². The third-order valence-electron chi connectivity index (χ3n) is 3.32. The van der Waals surface area contributed by atoms with Crippen molar-refractivity contribution in [1.82, 2.24) is 9.97 Å². The molecule has 1 aromatic heterocycles. The molecule has 2 rings (SSSR count). The topological polar surface area (TPSA) is 58.0 Å². The Kier molecular flexibility index (Phi) is 4.00. The number of hydrogen-bond acceptors (Lipinski definition) is 4. The first-order chi connectivity index (χ1) is 9.02. The standard InChI is InChI=1S/C15H21N3O/c1-15(2,3)13(8-9-19)18-14-11-6-4-5-7-12(11)16-10-17-14/h4-7,10,13,19H,8-9H2,1-3H3,(H,16,17,18). The number of nitrogens with one attached hydrogen (secondary N) is 1. The van der Waals surface area contributed by atoms with Crippen LogP contribution in [0.3, 0.4) is 0 Å². The summed E-state index contributed by atoms with van der Waals surface area (Å²) in [5, 5.41) is 13.7. The van der Waals surface area contributed by atoms with Crippen LogP contribution in [0.1, 0.15) is 27.2 Å². The zero-order chi connectivity index (χ0) is 13.9. The van der Waals surface area contributed by atoms with E-state index in [0.29, 0.717) is 6.42 Å². The molecule has 4 heteroatoms. The fraction of sp³-hybridized carbons (Fsp3) is 0.467. The van der Waals surface area contributed by atoms with E-state index in [1.165, 1.54) is 0 Å². The number of anilines is 1. The van der Waals surface area contributed by atoms with Gasteiger partial charge in [-0.2, -0.15) is 0 Å². The van der Waals surface area contributed by atoms with Gasteiger partial charge in [0.05, 0.1) is 5.52 Å². The number of aliphatic hydroxyl groups excluding tert-OH is 1. The zero-order valence-electron chi connectivity index (χ0n) is 11.7. The van der Waals surface area contributed by atoms with Gasteiger partial charge in [-0.05, 0) is 24.0 Å². The Morgan fingerprint density at radius 3 is 2.63 bits per heavy atom. The first kappa shape index (κ1) is 13.7. The maximum Gasteiger partial charge on any atom is 0.137 e. The largest absolute Gasteiger partial charge is 0.396 e. The molecule has 1 atom stereocenters. The van der Waals surface area contributed by atoms with Gasteiger partial charge in [0.15, 0.2) is 0 Å². The minimum absolute atomic E-state index is 0.0504. The molecule has 1 heterocycles. The van der Waals surface area contributed by atoms with Gasteiger partial charge in [0.1, 0.15) is 12.1 Å². The number of nitrogens with zero attached hydrogens (tertiary/aromatic N) is 2. The highest BCUT2D eigenvalue weighted by Gasteiger charge is 2.24. The summed E-state index contributed by atoms with van der Waals surface area (Å²) in [6, 6.07) is 8.09. The minimum atomic E-state index is 0.0504. The maximum absolute atomic E-state index is 9.22. The summed E-state index contributed by atoms with van der Waals surface area (Å²) in [4.78, 5) is 8.60. The molecule has 0 spiro atoms. The molecule has 0 saturated heterocycles. The number of aromatic nitrogens is 2. The lowest BCUT2D eigenvalue weighted by Gasteiger charge is -2.31. The average Bonchev–Trinajstić information content (AvgIpc) is 2.37. The molecule has 4 nitrogen and oxygen atoms in total. The van der Waals surface area contributed by atoms with E-state index in [-0.39, 0.29) is 18.1 Å². The molecule has 0 bridgehead atoms. The van der Waals surface area contributed by atoms with Crippen LogP contribution < -0.4 is 5.32 Å². The second-order valence-electron chi connectivity index (χ2n) is 5.81. The van der Waals surface area contributed by atoms with Crippen LogP contribution in [0.2, 0.25) is 0 Å². The molecule has 0 amide bonds. The van der Waals surface area contributed by atoms with E-state index in [0.717, 1.165) is 16.7 Å². The molecule has 0 radical (unpaired) electrons. The van der Waals surface area contributed by atoms with Gasteiger partial charge < -0.3 is 10.4 Å². The molecule has 2 aromatic rings. The zero-order valence-corrected chi connectivity index (χ0v) is 11.7. The third-order valence-corrected chi connectivity index (χ3v) is 3.32. The van der Waals surface area contributed by atoms with Crippen molar-refractivity contribution >= 4 is 16.7 Å². The number of para-hydroxylation sites is 1. The molecule has 1 unspecified atom stereocenters. The first-order valence-electron chi connectivity index (χ1n) is 6.59. The fourth-order valence-corrected chi connectivity index (χ4v) is 2.14. The minimum Gasteiger partial charge on any atom is -0.396 e. The van der Waals surface area contributed by atoms with Crippen LogP contribution in [-0.2, 0) is 0 Å². The summed E-state index contributed by atoms with van der Waals surface area (Å²) >= 11 is 0. The number of rotatable bonds is 4. The Morgan fingerprint density at radius 2 is 1.95 bits per heavy atom. The second kappa shape index (κ2) is 5.53. The van der Waals surface area contributed by atoms with Gasteiger partial charge >= 0.3 is 0 Å². The lowest BCUT2D eigenvalue weighted by Crippen LogP contribution is -2.35. The molecule has 0 aliphatic carbocycles. The van der Waals surface area contributed by atoms with Crippen molar-refractivity contribution in [3.8, 4) is 0 Å². The highest BCUT2D eigenvalue weighted by molar-refractivity contribution is 5.88. The summed E-state index contributed by atoms with van der Waals surface area (Å²) in [7, 11) is 0. The highest BCUT2D eigenvalue weighted by atomic mass is 16.3. The summed E-state index contributed by atoms with van der Waals surface area (Å²) in [5.74, 6) is 0.832. The molecule has 0 aliphatic heterocycles. The Hall–Kier alpha value is -1.68. The van der Waals surface area contributed by atoms with Crippen molar-refractivity contribution < 1.29 is 5.11 Å². The van der Waals surface area contributed by atoms with E-state index >= 15 is 0 Å². The highest BCUT2D eigenvalue weighted by Crippen LogP contribution is 2.27. The lowest BCUT2D eigenvalue weighted by molar-refractivity contribution is 0.235.